The van der Waals surface area contributed by atoms with Crippen molar-refractivity contribution in [3.8, 4) is 22.5 Å². The fourth-order valence-electron chi connectivity index (χ4n) is 4.15. The van der Waals surface area contributed by atoms with Crippen LogP contribution in [-0.2, 0) is 9.53 Å². The summed E-state index contributed by atoms with van der Waals surface area (Å²) in [5, 5.41) is 8.28. The quantitative estimate of drug-likeness (QED) is 0.373. The molecular formula is C26H28Cl2N4O4. The predicted octanol–water partition coefficient (Wildman–Crippen LogP) is 6.48. The topological polar surface area (TPSA) is 97.6 Å². The number of pyridine rings is 1. The lowest BCUT2D eigenvalue weighted by Crippen LogP contribution is -2.43. The number of carbonyl (C=O) groups excluding carboxylic acids is 2. The summed E-state index contributed by atoms with van der Waals surface area (Å²) in [6.07, 6.45) is 4.43. The first-order valence-corrected chi connectivity index (χ1v) is 12.5. The Hall–Kier alpha value is -3.10. The van der Waals surface area contributed by atoms with Crippen LogP contribution >= 0.6 is 23.2 Å². The zero-order valence-corrected chi connectivity index (χ0v) is 21.9. The van der Waals surface area contributed by atoms with Gasteiger partial charge in [-0.2, -0.15) is 0 Å². The molecule has 36 heavy (non-hydrogen) atoms. The minimum absolute atomic E-state index is 0.00909. The van der Waals surface area contributed by atoms with Crippen molar-refractivity contribution in [3.05, 3.63) is 52.8 Å². The Kier molecular flexibility index (Phi) is 7.85. The number of carbonyl (C=O) groups is 2. The summed E-state index contributed by atoms with van der Waals surface area (Å²) in [4.78, 5) is 31.4. The van der Waals surface area contributed by atoms with E-state index in [1.165, 1.54) is 6.26 Å². The van der Waals surface area contributed by atoms with Crippen LogP contribution in [0.25, 0.3) is 22.5 Å². The molecule has 1 aliphatic rings. The van der Waals surface area contributed by atoms with E-state index >= 15 is 0 Å². The third kappa shape index (κ3) is 5.99. The van der Waals surface area contributed by atoms with Crippen LogP contribution < -0.4 is 5.32 Å². The lowest BCUT2D eigenvalue weighted by molar-refractivity contribution is -0.123. The first-order valence-electron chi connectivity index (χ1n) is 11.8. The van der Waals surface area contributed by atoms with Gasteiger partial charge in [0.15, 0.2) is 5.78 Å². The second-order valence-electron chi connectivity index (χ2n) is 9.58. The number of anilines is 1. The zero-order chi connectivity index (χ0) is 25.9. The molecule has 1 amide bonds. The summed E-state index contributed by atoms with van der Waals surface area (Å²) in [7, 11) is 0. The van der Waals surface area contributed by atoms with E-state index in [0.29, 0.717) is 52.1 Å². The molecule has 1 fully saturated rings. The van der Waals surface area contributed by atoms with Crippen LogP contribution in [0.4, 0.5) is 10.5 Å². The fourth-order valence-corrected chi connectivity index (χ4v) is 4.72. The normalized spacial score (nSPS) is 15.7. The maximum absolute atomic E-state index is 12.9. The lowest BCUT2D eigenvalue weighted by Gasteiger charge is -2.28. The second-order valence-corrected chi connectivity index (χ2v) is 10.4. The van der Waals surface area contributed by atoms with Gasteiger partial charge in [-0.1, -0.05) is 34.4 Å². The standard InChI is InChI=1S/C26H28Cl2N4O4/c1-26(2,3)36-25(34)32-13-5-8-21(32)22(33)10-12-29-16-9-11-30-20(14-16)17-15-35-31-24(17)23-18(27)6-4-7-19(23)28/h4,6-7,9,11,14-15,21H,5,8,10,12-13H2,1-3H3,(H,29,30). The van der Waals surface area contributed by atoms with Gasteiger partial charge in [0.25, 0.3) is 0 Å². The zero-order valence-electron chi connectivity index (χ0n) is 20.4. The number of ketones is 1. The number of likely N-dealkylation sites (tertiary alicyclic amines) is 1. The van der Waals surface area contributed by atoms with Gasteiger partial charge in [-0.05, 0) is 57.9 Å². The third-order valence-corrected chi connectivity index (χ3v) is 6.39. The molecule has 2 aromatic heterocycles. The average molecular weight is 531 g/mol. The number of benzene rings is 1. The number of nitrogens with zero attached hydrogens (tertiary/aromatic N) is 3. The molecule has 190 valence electrons. The van der Waals surface area contributed by atoms with E-state index in [2.05, 4.69) is 15.5 Å². The van der Waals surface area contributed by atoms with Gasteiger partial charge in [-0.3, -0.25) is 14.7 Å². The molecule has 1 aromatic carbocycles. The summed E-state index contributed by atoms with van der Waals surface area (Å²) in [6, 6.07) is 8.43. The van der Waals surface area contributed by atoms with Gasteiger partial charge < -0.3 is 14.6 Å². The van der Waals surface area contributed by atoms with E-state index in [1.54, 1.807) is 29.3 Å². The number of rotatable bonds is 7. The van der Waals surface area contributed by atoms with Crippen LogP contribution in [0.2, 0.25) is 10.0 Å². The first kappa shape index (κ1) is 26.0. The van der Waals surface area contributed by atoms with E-state index in [-0.39, 0.29) is 12.2 Å². The predicted molar refractivity (Wildman–Crippen MR) is 139 cm³/mol. The Labute approximate surface area is 219 Å². The highest BCUT2D eigenvalue weighted by atomic mass is 35.5. The Balaban J connectivity index is 1.41. The number of Topliss-reactive ketones (excluding diaryl/α,β-unsaturated/α-hetero) is 1. The number of aromatic nitrogens is 2. The molecular weight excluding hydrogens is 503 g/mol. The van der Waals surface area contributed by atoms with Crippen molar-refractivity contribution in [2.45, 2.75) is 51.7 Å². The largest absolute Gasteiger partial charge is 0.444 e. The molecule has 1 unspecified atom stereocenters. The molecule has 10 heteroatoms. The number of nitrogens with one attached hydrogen (secondary N) is 1. The Bertz CT molecular complexity index is 1230. The minimum Gasteiger partial charge on any atom is -0.444 e. The van der Waals surface area contributed by atoms with Crippen molar-refractivity contribution in [1.82, 2.24) is 15.0 Å². The maximum Gasteiger partial charge on any atom is 0.410 e. The second kappa shape index (κ2) is 10.9. The summed E-state index contributed by atoms with van der Waals surface area (Å²) < 4.78 is 10.7. The molecule has 0 saturated carbocycles. The summed E-state index contributed by atoms with van der Waals surface area (Å²) in [5.74, 6) is 0.00909. The Morgan fingerprint density at radius 3 is 2.69 bits per heavy atom. The SMILES string of the molecule is CC(C)(C)OC(=O)N1CCCC1C(=O)CCNc1ccnc(-c2conc2-c2c(Cl)cccc2Cl)c1. The summed E-state index contributed by atoms with van der Waals surface area (Å²) >= 11 is 12.7. The van der Waals surface area contributed by atoms with Gasteiger partial charge in [-0.15, -0.1) is 0 Å². The fraction of sp³-hybridized carbons (Fsp3) is 0.385. The highest BCUT2D eigenvalue weighted by molar-refractivity contribution is 6.39. The first-order chi connectivity index (χ1) is 17.1. The Morgan fingerprint density at radius 1 is 1.22 bits per heavy atom. The van der Waals surface area contributed by atoms with E-state index < -0.39 is 17.7 Å². The van der Waals surface area contributed by atoms with Crippen molar-refractivity contribution in [3.63, 3.8) is 0 Å². The molecule has 4 rings (SSSR count). The molecule has 1 atom stereocenters. The van der Waals surface area contributed by atoms with Crippen molar-refractivity contribution >= 4 is 40.8 Å². The maximum atomic E-state index is 12.9. The van der Waals surface area contributed by atoms with Crippen LogP contribution in [0.3, 0.4) is 0 Å². The van der Waals surface area contributed by atoms with Gasteiger partial charge in [0, 0.05) is 37.0 Å². The van der Waals surface area contributed by atoms with Crippen LogP contribution in [0.5, 0.6) is 0 Å². The highest BCUT2D eigenvalue weighted by Gasteiger charge is 2.36. The van der Waals surface area contributed by atoms with Gasteiger partial charge in [0.1, 0.15) is 17.6 Å². The van der Waals surface area contributed by atoms with Gasteiger partial charge in [-0.25, -0.2) is 4.79 Å². The molecule has 0 spiro atoms. The number of hydrogen-bond acceptors (Lipinski definition) is 7. The van der Waals surface area contributed by atoms with Crippen LogP contribution in [-0.4, -0.2) is 51.6 Å². The molecule has 0 bridgehead atoms. The van der Waals surface area contributed by atoms with E-state index in [9.17, 15) is 9.59 Å². The molecule has 1 N–H and O–H groups in total. The van der Waals surface area contributed by atoms with Crippen LogP contribution in [0, 0.1) is 0 Å². The number of halogens is 2. The van der Waals surface area contributed by atoms with Gasteiger partial charge in [0.05, 0.1) is 27.3 Å². The summed E-state index contributed by atoms with van der Waals surface area (Å²) in [6.45, 7) is 6.39. The monoisotopic (exact) mass is 530 g/mol. The molecule has 8 nitrogen and oxygen atoms in total. The van der Waals surface area contributed by atoms with Gasteiger partial charge in [0.2, 0.25) is 0 Å². The number of hydrogen-bond donors (Lipinski definition) is 1. The van der Waals surface area contributed by atoms with E-state index in [0.717, 1.165) is 12.1 Å². The lowest BCUT2D eigenvalue weighted by atomic mass is 10.0. The number of amides is 1. The van der Waals surface area contributed by atoms with Crippen molar-refractivity contribution in [1.29, 1.82) is 0 Å². The summed E-state index contributed by atoms with van der Waals surface area (Å²) in [5.41, 5.74) is 2.50. The average Bonchev–Trinajstić information content (AvgIpc) is 3.48. The molecule has 3 heterocycles. The molecule has 3 aromatic rings. The highest BCUT2D eigenvalue weighted by Crippen LogP contribution is 2.39. The van der Waals surface area contributed by atoms with Crippen molar-refractivity contribution < 1.29 is 18.8 Å². The van der Waals surface area contributed by atoms with Gasteiger partial charge >= 0.3 is 6.09 Å². The Morgan fingerprint density at radius 2 is 1.97 bits per heavy atom. The van der Waals surface area contributed by atoms with Crippen molar-refractivity contribution in [2.24, 2.45) is 0 Å². The van der Waals surface area contributed by atoms with E-state index in [4.69, 9.17) is 32.5 Å². The van der Waals surface area contributed by atoms with E-state index in [1.807, 2.05) is 32.9 Å². The van der Waals surface area contributed by atoms with Crippen molar-refractivity contribution in [2.75, 3.05) is 18.4 Å². The smallest absolute Gasteiger partial charge is 0.410 e. The molecule has 1 saturated heterocycles. The van der Waals surface area contributed by atoms with Crippen LogP contribution in [0.15, 0.2) is 47.3 Å². The van der Waals surface area contributed by atoms with Crippen LogP contribution in [0.1, 0.15) is 40.0 Å². The molecule has 0 aliphatic carbocycles. The molecule has 0 radical (unpaired) electrons. The number of ether oxygens (including phenoxy) is 1. The minimum atomic E-state index is -0.602. The third-order valence-electron chi connectivity index (χ3n) is 5.76. The molecule has 1 aliphatic heterocycles.